The van der Waals surface area contributed by atoms with E-state index in [1.54, 1.807) is 11.6 Å². The summed E-state index contributed by atoms with van der Waals surface area (Å²) in [6, 6.07) is 8.83. The topological polar surface area (TPSA) is 71.3 Å². The summed E-state index contributed by atoms with van der Waals surface area (Å²) in [5.74, 6) is -0.430. The molecule has 0 aliphatic carbocycles. The normalized spacial score (nSPS) is 10.4. The standard InChI is InChI=1S/C15H15BrN2O3/c1-18-9-14(20)13(19)7-12(18)8-17-15(21)6-10-2-4-11(16)5-3-10/h2-5,7,9,20H,6,8H2,1H3,(H,17,21). The van der Waals surface area contributed by atoms with E-state index >= 15 is 0 Å². The number of rotatable bonds is 4. The van der Waals surface area contributed by atoms with E-state index in [2.05, 4.69) is 21.2 Å². The van der Waals surface area contributed by atoms with Gasteiger partial charge in [-0.25, -0.2) is 0 Å². The van der Waals surface area contributed by atoms with Crippen molar-refractivity contribution in [1.82, 2.24) is 9.88 Å². The van der Waals surface area contributed by atoms with E-state index in [4.69, 9.17) is 0 Å². The molecular formula is C15H15BrN2O3. The second-order valence-electron chi connectivity index (χ2n) is 4.71. The number of amides is 1. The number of hydrogen-bond acceptors (Lipinski definition) is 3. The van der Waals surface area contributed by atoms with Crippen molar-refractivity contribution in [1.29, 1.82) is 0 Å². The van der Waals surface area contributed by atoms with Gasteiger partial charge in [0.2, 0.25) is 11.3 Å². The maximum absolute atomic E-state index is 11.9. The highest BCUT2D eigenvalue weighted by Gasteiger charge is 2.06. The van der Waals surface area contributed by atoms with Crippen LogP contribution >= 0.6 is 15.9 Å². The molecule has 0 spiro atoms. The molecular weight excluding hydrogens is 336 g/mol. The molecule has 6 heteroatoms. The predicted octanol–water partition coefficient (Wildman–Crippen LogP) is 1.71. The first-order chi connectivity index (χ1) is 9.95. The fraction of sp³-hybridized carbons (Fsp3) is 0.200. The van der Waals surface area contributed by atoms with Gasteiger partial charge in [-0.2, -0.15) is 0 Å². The molecule has 0 radical (unpaired) electrons. The van der Waals surface area contributed by atoms with Crippen LogP contribution in [0.3, 0.4) is 0 Å². The molecule has 1 aromatic heterocycles. The summed E-state index contributed by atoms with van der Waals surface area (Å²) in [4.78, 5) is 23.3. The fourth-order valence-electron chi connectivity index (χ4n) is 1.87. The number of nitrogens with one attached hydrogen (secondary N) is 1. The molecule has 0 saturated heterocycles. The molecule has 110 valence electrons. The zero-order valence-electron chi connectivity index (χ0n) is 11.5. The van der Waals surface area contributed by atoms with Crippen LogP contribution in [0.15, 0.2) is 45.8 Å². The Hall–Kier alpha value is -2.08. The number of halogens is 1. The molecule has 5 nitrogen and oxygen atoms in total. The number of carbonyl (C=O) groups is 1. The van der Waals surface area contributed by atoms with Gasteiger partial charge in [0, 0.05) is 29.5 Å². The van der Waals surface area contributed by atoms with Gasteiger partial charge in [0.05, 0.1) is 13.0 Å². The molecule has 0 bridgehead atoms. The summed E-state index contributed by atoms with van der Waals surface area (Å²) in [5, 5.41) is 12.1. The third kappa shape index (κ3) is 4.19. The first-order valence-corrected chi connectivity index (χ1v) is 7.14. The monoisotopic (exact) mass is 350 g/mol. The van der Waals surface area contributed by atoms with Gasteiger partial charge < -0.3 is 15.0 Å². The van der Waals surface area contributed by atoms with Crippen molar-refractivity contribution in [2.45, 2.75) is 13.0 Å². The molecule has 0 aliphatic heterocycles. The van der Waals surface area contributed by atoms with Crippen molar-refractivity contribution >= 4 is 21.8 Å². The molecule has 1 heterocycles. The highest BCUT2D eigenvalue weighted by molar-refractivity contribution is 9.10. The Kier molecular flexibility index (Phi) is 4.80. The number of benzene rings is 1. The molecule has 2 rings (SSSR count). The molecule has 0 aliphatic rings. The summed E-state index contributed by atoms with van der Waals surface area (Å²) >= 11 is 3.34. The maximum Gasteiger partial charge on any atom is 0.224 e. The number of nitrogens with zero attached hydrogens (tertiary/aromatic N) is 1. The van der Waals surface area contributed by atoms with Gasteiger partial charge in [0.1, 0.15) is 0 Å². The summed E-state index contributed by atoms with van der Waals surface area (Å²) in [6.45, 7) is 0.237. The van der Waals surface area contributed by atoms with Crippen molar-refractivity contribution in [3.8, 4) is 5.75 Å². The molecule has 1 amide bonds. The molecule has 0 atom stereocenters. The Morgan fingerprint density at radius 1 is 1.33 bits per heavy atom. The maximum atomic E-state index is 11.9. The highest BCUT2D eigenvalue weighted by Crippen LogP contribution is 2.11. The molecule has 0 fully saturated rings. The molecule has 2 N–H and O–H groups in total. The Morgan fingerprint density at radius 3 is 2.67 bits per heavy atom. The predicted molar refractivity (Wildman–Crippen MR) is 83.0 cm³/mol. The van der Waals surface area contributed by atoms with Gasteiger partial charge in [0.15, 0.2) is 5.75 Å². The van der Waals surface area contributed by atoms with Gasteiger partial charge in [0.25, 0.3) is 0 Å². The Labute approximate surface area is 130 Å². The molecule has 2 aromatic rings. The van der Waals surface area contributed by atoms with E-state index in [-0.39, 0.29) is 24.6 Å². The SMILES string of the molecule is Cn1cc(O)c(=O)cc1CNC(=O)Cc1ccc(Br)cc1. The fourth-order valence-corrected chi connectivity index (χ4v) is 2.14. The van der Waals surface area contributed by atoms with E-state index in [9.17, 15) is 14.7 Å². The van der Waals surface area contributed by atoms with Crippen LogP contribution in [0.1, 0.15) is 11.3 Å². The van der Waals surface area contributed by atoms with Crippen LogP contribution in [0.2, 0.25) is 0 Å². The third-order valence-electron chi connectivity index (χ3n) is 3.06. The van der Waals surface area contributed by atoms with E-state index in [0.717, 1.165) is 10.0 Å². The largest absolute Gasteiger partial charge is 0.503 e. The second-order valence-corrected chi connectivity index (χ2v) is 5.62. The number of carbonyl (C=O) groups excluding carboxylic acids is 1. The Bertz CT molecular complexity index is 708. The van der Waals surface area contributed by atoms with Crippen LogP contribution in [0.25, 0.3) is 0 Å². The van der Waals surface area contributed by atoms with E-state index in [0.29, 0.717) is 5.69 Å². The number of pyridine rings is 1. The third-order valence-corrected chi connectivity index (χ3v) is 3.59. The van der Waals surface area contributed by atoms with Crippen LogP contribution in [0.4, 0.5) is 0 Å². The van der Waals surface area contributed by atoms with Gasteiger partial charge in [-0.3, -0.25) is 9.59 Å². The first-order valence-electron chi connectivity index (χ1n) is 6.35. The minimum absolute atomic E-state index is 0.127. The second kappa shape index (κ2) is 6.58. The molecule has 21 heavy (non-hydrogen) atoms. The zero-order valence-corrected chi connectivity index (χ0v) is 13.1. The average molecular weight is 351 g/mol. The van der Waals surface area contributed by atoms with Gasteiger partial charge in [-0.05, 0) is 17.7 Å². The van der Waals surface area contributed by atoms with Crippen LogP contribution in [0.5, 0.6) is 5.75 Å². The van der Waals surface area contributed by atoms with Crippen molar-refractivity contribution < 1.29 is 9.90 Å². The summed E-state index contributed by atoms with van der Waals surface area (Å²) in [6.07, 6.45) is 1.61. The first kappa shape index (κ1) is 15.3. The molecule has 1 aromatic carbocycles. The number of aryl methyl sites for hydroxylation is 1. The minimum atomic E-state index is -0.453. The number of hydrogen-bond donors (Lipinski definition) is 2. The van der Waals surface area contributed by atoms with Crippen molar-refractivity contribution in [2.75, 3.05) is 0 Å². The summed E-state index contributed by atoms with van der Waals surface area (Å²) in [5.41, 5.74) is 1.09. The minimum Gasteiger partial charge on any atom is -0.503 e. The molecule has 0 saturated carbocycles. The Balaban J connectivity index is 1.97. The lowest BCUT2D eigenvalue weighted by Crippen LogP contribution is -2.26. The lowest BCUT2D eigenvalue weighted by atomic mass is 10.1. The van der Waals surface area contributed by atoms with Crippen LogP contribution in [-0.4, -0.2) is 15.6 Å². The van der Waals surface area contributed by atoms with Gasteiger partial charge in [-0.15, -0.1) is 0 Å². The number of aromatic hydroxyl groups is 1. The van der Waals surface area contributed by atoms with Gasteiger partial charge >= 0.3 is 0 Å². The molecule has 0 unspecified atom stereocenters. The van der Waals surface area contributed by atoms with Gasteiger partial charge in [-0.1, -0.05) is 28.1 Å². The van der Waals surface area contributed by atoms with Crippen LogP contribution in [-0.2, 0) is 24.8 Å². The number of aromatic nitrogens is 1. The van der Waals surface area contributed by atoms with Crippen molar-refractivity contribution in [3.05, 3.63) is 62.5 Å². The lowest BCUT2D eigenvalue weighted by Gasteiger charge is -2.10. The lowest BCUT2D eigenvalue weighted by molar-refractivity contribution is -0.120. The van der Waals surface area contributed by atoms with Crippen LogP contribution in [0, 0.1) is 0 Å². The zero-order chi connectivity index (χ0) is 15.4. The van der Waals surface area contributed by atoms with E-state index in [1.807, 2.05) is 24.3 Å². The average Bonchev–Trinajstić information content (AvgIpc) is 2.44. The van der Waals surface area contributed by atoms with E-state index < -0.39 is 5.43 Å². The Morgan fingerprint density at radius 2 is 2.00 bits per heavy atom. The highest BCUT2D eigenvalue weighted by atomic mass is 79.9. The van der Waals surface area contributed by atoms with Crippen LogP contribution < -0.4 is 10.7 Å². The quantitative estimate of drug-likeness (QED) is 0.881. The van der Waals surface area contributed by atoms with Crippen molar-refractivity contribution in [2.24, 2.45) is 7.05 Å². The smallest absolute Gasteiger partial charge is 0.224 e. The van der Waals surface area contributed by atoms with E-state index in [1.165, 1.54) is 12.3 Å². The summed E-state index contributed by atoms with van der Waals surface area (Å²) < 4.78 is 2.57. The summed E-state index contributed by atoms with van der Waals surface area (Å²) in [7, 11) is 1.70. The van der Waals surface area contributed by atoms with Crippen molar-refractivity contribution in [3.63, 3.8) is 0 Å².